The number of benzene rings is 2. The Hall–Kier alpha value is -3.75. The molecule has 8 heteroatoms. The summed E-state index contributed by atoms with van der Waals surface area (Å²) in [6.45, 7) is 15.5. The van der Waals surface area contributed by atoms with Crippen LogP contribution >= 0.6 is 0 Å². The first-order valence-corrected chi connectivity index (χ1v) is 16.0. The summed E-state index contributed by atoms with van der Waals surface area (Å²) in [5.74, 6) is -3.09. The molecule has 240 valence electrons. The van der Waals surface area contributed by atoms with Gasteiger partial charge < -0.3 is 24.4 Å². The van der Waals surface area contributed by atoms with E-state index < -0.39 is 41.1 Å². The first-order valence-electron chi connectivity index (χ1n) is 16.0. The summed E-state index contributed by atoms with van der Waals surface area (Å²) in [6, 6.07) is 13.7. The number of hydrogen-bond donors (Lipinski definition) is 1. The lowest BCUT2D eigenvalue weighted by molar-refractivity contribution is -0.162. The van der Waals surface area contributed by atoms with E-state index in [9.17, 15) is 14.7 Å². The number of carbonyl (C=O) groups is 3. The van der Waals surface area contributed by atoms with Gasteiger partial charge in [0.15, 0.2) is 0 Å². The van der Waals surface area contributed by atoms with Crippen molar-refractivity contribution in [2.24, 2.45) is 17.8 Å². The zero-order chi connectivity index (χ0) is 32.5. The van der Waals surface area contributed by atoms with Gasteiger partial charge in [0.2, 0.25) is 5.91 Å². The SMILES string of the molecule is C=CCCCOC(=O)[C@@H]1[C@H]2C(=O)N([C@@H](CO)Cc3ccccc3)C(C(=O)N(CC=C)c3cc(C)ccc3C)C23CC(C)[C@@]1(C)O3. The Labute approximate surface area is 266 Å². The Morgan fingerprint density at radius 2 is 1.91 bits per heavy atom. The number of amides is 2. The predicted octanol–water partition coefficient (Wildman–Crippen LogP) is 4.95. The fraction of sp³-hybridized carbons (Fsp3) is 0.486. The number of unbranched alkanes of at least 4 members (excludes halogenated alkanes) is 1. The third-order valence-corrected chi connectivity index (χ3v) is 10.2. The van der Waals surface area contributed by atoms with Crippen molar-refractivity contribution in [2.45, 2.75) is 76.7 Å². The van der Waals surface area contributed by atoms with Gasteiger partial charge in [0.1, 0.15) is 17.6 Å². The van der Waals surface area contributed by atoms with E-state index in [0.29, 0.717) is 25.7 Å². The fourth-order valence-corrected chi connectivity index (χ4v) is 7.93. The number of hydrogen-bond acceptors (Lipinski definition) is 6. The van der Waals surface area contributed by atoms with Crippen molar-refractivity contribution >= 4 is 23.5 Å². The number of carbonyl (C=O) groups excluding carboxylic acids is 3. The highest BCUT2D eigenvalue weighted by atomic mass is 16.6. The van der Waals surface area contributed by atoms with Crippen LogP contribution in [0.3, 0.4) is 0 Å². The van der Waals surface area contributed by atoms with Crippen LogP contribution in [-0.2, 0) is 30.3 Å². The standard InChI is InChI=1S/C37H46N2O6/c1-7-9-13-19-44-35(43)31-30-33(41)39(28(23-40)21-27-14-11-10-12-15-27)32(37(30)22-26(5)36(31,6)45-37)34(42)38(18-8-2)29-20-24(3)16-17-25(29)4/h7-8,10-12,14-17,20,26,28,30-32,40H,1-2,9,13,18-19,21-23H2,3-6H3/t26?,28-,30+,31+,32?,36-,37?/m1/s1. The number of rotatable bonds is 13. The number of fused-ring (bicyclic) bond motifs is 1. The van der Waals surface area contributed by atoms with E-state index in [2.05, 4.69) is 13.2 Å². The van der Waals surface area contributed by atoms with Gasteiger partial charge in [-0.3, -0.25) is 14.4 Å². The molecule has 45 heavy (non-hydrogen) atoms. The van der Waals surface area contributed by atoms with Crippen LogP contribution in [0.5, 0.6) is 0 Å². The first-order chi connectivity index (χ1) is 21.5. The largest absolute Gasteiger partial charge is 0.465 e. The molecule has 2 aromatic rings. The molecule has 5 rings (SSSR count). The van der Waals surface area contributed by atoms with Crippen molar-refractivity contribution in [1.82, 2.24) is 4.90 Å². The zero-order valence-electron chi connectivity index (χ0n) is 26.9. The van der Waals surface area contributed by atoms with Crippen LogP contribution in [0.25, 0.3) is 0 Å². The van der Waals surface area contributed by atoms with Gasteiger partial charge in [-0.1, -0.05) is 61.5 Å². The second-order valence-electron chi connectivity index (χ2n) is 13.1. The molecule has 3 unspecified atom stereocenters. The highest BCUT2D eigenvalue weighted by Crippen LogP contribution is 2.65. The van der Waals surface area contributed by atoms with Crippen LogP contribution in [-0.4, -0.2) is 70.8 Å². The number of nitrogens with zero attached hydrogens (tertiary/aromatic N) is 2. The third-order valence-electron chi connectivity index (χ3n) is 10.2. The van der Waals surface area contributed by atoms with Crippen LogP contribution in [0.2, 0.25) is 0 Å². The lowest BCUT2D eigenvalue weighted by Crippen LogP contribution is -2.59. The second kappa shape index (κ2) is 12.9. The summed E-state index contributed by atoms with van der Waals surface area (Å²) >= 11 is 0. The van der Waals surface area contributed by atoms with Crippen molar-refractivity contribution in [2.75, 3.05) is 24.7 Å². The second-order valence-corrected chi connectivity index (χ2v) is 13.1. The summed E-state index contributed by atoms with van der Waals surface area (Å²) in [4.78, 5) is 46.9. The number of aliphatic hydroxyl groups excluding tert-OH is 1. The Bertz CT molecular complexity index is 1460. The molecule has 2 amide bonds. The highest BCUT2D eigenvalue weighted by molar-refractivity contribution is 6.05. The summed E-state index contributed by atoms with van der Waals surface area (Å²) in [5.41, 5.74) is 1.28. The number of aryl methyl sites for hydroxylation is 2. The molecule has 0 saturated carbocycles. The van der Waals surface area contributed by atoms with E-state index in [-0.39, 0.29) is 37.5 Å². The van der Waals surface area contributed by atoms with Gasteiger partial charge in [0.05, 0.1) is 30.8 Å². The minimum Gasteiger partial charge on any atom is -0.465 e. The van der Waals surface area contributed by atoms with E-state index in [1.165, 1.54) is 4.90 Å². The monoisotopic (exact) mass is 614 g/mol. The molecule has 1 spiro atoms. The molecular weight excluding hydrogens is 568 g/mol. The van der Waals surface area contributed by atoms with Crippen LogP contribution < -0.4 is 4.90 Å². The Morgan fingerprint density at radius 1 is 1.18 bits per heavy atom. The normalized spacial score (nSPS) is 28.9. The van der Waals surface area contributed by atoms with Gasteiger partial charge in [-0.25, -0.2) is 0 Å². The minimum absolute atomic E-state index is 0.127. The number of aliphatic hydroxyl groups is 1. The molecule has 3 aliphatic heterocycles. The van der Waals surface area contributed by atoms with Crippen LogP contribution in [0, 0.1) is 31.6 Å². The number of likely N-dealkylation sites (tertiary alicyclic amines) is 1. The average Bonchev–Trinajstić information content (AvgIpc) is 3.54. The van der Waals surface area contributed by atoms with E-state index in [0.717, 1.165) is 22.4 Å². The van der Waals surface area contributed by atoms with Gasteiger partial charge >= 0.3 is 5.97 Å². The van der Waals surface area contributed by atoms with E-state index in [1.807, 2.05) is 76.2 Å². The maximum Gasteiger partial charge on any atom is 0.312 e. The van der Waals surface area contributed by atoms with Crippen LogP contribution in [0.15, 0.2) is 73.8 Å². The summed E-state index contributed by atoms with van der Waals surface area (Å²) in [7, 11) is 0. The van der Waals surface area contributed by atoms with Crippen molar-refractivity contribution in [3.8, 4) is 0 Å². The summed E-state index contributed by atoms with van der Waals surface area (Å²) in [5, 5.41) is 10.8. The predicted molar refractivity (Wildman–Crippen MR) is 173 cm³/mol. The molecule has 2 bridgehead atoms. The molecule has 3 fully saturated rings. The number of ether oxygens (including phenoxy) is 2. The highest BCUT2D eigenvalue weighted by Gasteiger charge is 2.80. The van der Waals surface area contributed by atoms with Crippen molar-refractivity contribution in [3.05, 3.63) is 90.5 Å². The molecule has 1 N–H and O–H groups in total. The maximum atomic E-state index is 15.1. The van der Waals surface area contributed by atoms with Crippen molar-refractivity contribution in [1.29, 1.82) is 0 Å². The summed E-state index contributed by atoms with van der Waals surface area (Å²) < 4.78 is 12.7. The van der Waals surface area contributed by atoms with Gasteiger partial charge in [0.25, 0.3) is 5.91 Å². The van der Waals surface area contributed by atoms with E-state index >= 15 is 4.79 Å². The lowest BCUT2D eigenvalue weighted by atomic mass is 9.62. The Balaban J connectivity index is 1.63. The fourth-order valence-electron chi connectivity index (χ4n) is 7.93. The topological polar surface area (TPSA) is 96.4 Å². The van der Waals surface area contributed by atoms with Crippen LogP contribution in [0.4, 0.5) is 5.69 Å². The van der Waals surface area contributed by atoms with Gasteiger partial charge in [-0.15, -0.1) is 13.2 Å². The van der Waals surface area contributed by atoms with Gasteiger partial charge in [0, 0.05) is 12.2 Å². The van der Waals surface area contributed by atoms with Crippen molar-refractivity contribution < 1.29 is 29.0 Å². The molecule has 8 nitrogen and oxygen atoms in total. The molecule has 3 heterocycles. The zero-order valence-corrected chi connectivity index (χ0v) is 26.9. The van der Waals surface area contributed by atoms with E-state index in [4.69, 9.17) is 9.47 Å². The molecule has 7 atom stereocenters. The van der Waals surface area contributed by atoms with Gasteiger partial charge in [-0.05, 0) is 75.1 Å². The molecule has 2 aromatic carbocycles. The number of anilines is 1. The number of allylic oxidation sites excluding steroid dienone is 1. The van der Waals surface area contributed by atoms with Gasteiger partial charge in [-0.2, -0.15) is 0 Å². The summed E-state index contributed by atoms with van der Waals surface area (Å²) in [6.07, 6.45) is 5.53. The number of esters is 1. The quantitative estimate of drug-likeness (QED) is 0.195. The first kappa shape index (κ1) is 32.6. The smallest absolute Gasteiger partial charge is 0.312 e. The maximum absolute atomic E-state index is 15.1. The third kappa shape index (κ3) is 5.52. The molecule has 0 aliphatic carbocycles. The van der Waals surface area contributed by atoms with Crippen molar-refractivity contribution in [3.63, 3.8) is 0 Å². The molecule has 3 saturated heterocycles. The molecular formula is C37H46N2O6. The lowest BCUT2D eigenvalue weighted by Gasteiger charge is -2.40. The Kier molecular flexibility index (Phi) is 9.38. The van der Waals surface area contributed by atoms with E-state index in [1.54, 1.807) is 17.1 Å². The average molecular weight is 615 g/mol. The Morgan fingerprint density at radius 3 is 2.58 bits per heavy atom. The minimum atomic E-state index is -1.27. The molecule has 3 aliphatic rings. The molecule has 0 aromatic heterocycles. The molecule has 0 radical (unpaired) electrons. The van der Waals surface area contributed by atoms with Crippen LogP contribution in [0.1, 0.15) is 49.8 Å².